The number of unbranched alkanes of at least 4 members (excludes halogenated alkanes) is 1. The van der Waals surface area contributed by atoms with Crippen molar-refractivity contribution in [2.24, 2.45) is 0 Å². The summed E-state index contributed by atoms with van der Waals surface area (Å²) in [6.45, 7) is 1.92. The zero-order valence-electron chi connectivity index (χ0n) is 11.3. The Hall–Kier alpha value is -1.18. The molecular formula is C13H18FNO4S. The zero-order valence-corrected chi connectivity index (χ0v) is 12.1. The lowest BCUT2D eigenvalue weighted by molar-refractivity contribution is 0.0998. The Kier molecular flexibility index (Phi) is 4.62. The summed E-state index contributed by atoms with van der Waals surface area (Å²) >= 11 is 0. The topological polar surface area (TPSA) is 66.8 Å². The summed E-state index contributed by atoms with van der Waals surface area (Å²) in [5, 5.41) is 9.28. The van der Waals surface area contributed by atoms with E-state index in [1.807, 2.05) is 6.92 Å². The lowest BCUT2D eigenvalue weighted by atomic mass is 10.3. The van der Waals surface area contributed by atoms with Crippen LogP contribution in [0.1, 0.15) is 19.8 Å². The van der Waals surface area contributed by atoms with Gasteiger partial charge in [-0.05, 0) is 18.6 Å². The molecule has 0 saturated carbocycles. The van der Waals surface area contributed by atoms with E-state index < -0.39 is 26.8 Å². The first-order valence-electron chi connectivity index (χ1n) is 6.57. The fourth-order valence-corrected chi connectivity index (χ4v) is 3.82. The van der Waals surface area contributed by atoms with Crippen LogP contribution >= 0.6 is 0 Å². The molecule has 1 N–H and O–H groups in total. The molecule has 0 saturated heterocycles. The molecule has 0 bridgehead atoms. The Morgan fingerprint density at radius 2 is 2.25 bits per heavy atom. The summed E-state index contributed by atoms with van der Waals surface area (Å²) < 4.78 is 45.6. The number of nitrogens with zero attached hydrogens (tertiary/aromatic N) is 1. The van der Waals surface area contributed by atoms with Crippen LogP contribution in [0.3, 0.4) is 0 Å². The third kappa shape index (κ3) is 2.79. The van der Waals surface area contributed by atoms with Gasteiger partial charge >= 0.3 is 0 Å². The van der Waals surface area contributed by atoms with E-state index in [1.54, 1.807) is 0 Å². The fourth-order valence-electron chi connectivity index (χ4n) is 2.14. The van der Waals surface area contributed by atoms with Gasteiger partial charge in [0.25, 0.3) is 0 Å². The van der Waals surface area contributed by atoms with Gasteiger partial charge in [-0.25, -0.2) is 12.8 Å². The number of halogens is 1. The molecule has 0 aromatic heterocycles. The molecule has 0 fully saturated rings. The molecule has 2 rings (SSSR count). The van der Waals surface area contributed by atoms with Gasteiger partial charge in [0.1, 0.15) is 17.7 Å². The van der Waals surface area contributed by atoms with Crippen molar-refractivity contribution in [2.45, 2.75) is 30.8 Å². The van der Waals surface area contributed by atoms with Gasteiger partial charge in [-0.3, -0.25) is 0 Å². The molecule has 1 heterocycles. The fraction of sp³-hybridized carbons (Fsp3) is 0.538. The van der Waals surface area contributed by atoms with Crippen LogP contribution < -0.4 is 4.74 Å². The van der Waals surface area contributed by atoms with Gasteiger partial charge in [-0.1, -0.05) is 19.4 Å². The molecule has 0 unspecified atom stereocenters. The molecule has 20 heavy (non-hydrogen) atoms. The van der Waals surface area contributed by atoms with Crippen molar-refractivity contribution in [1.82, 2.24) is 4.31 Å². The number of fused-ring (bicyclic) bond motifs is 1. The highest BCUT2D eigenvalue weighted by molar-refractivity contribution is 7.89. The van der Waals surface area contributed by atoms with E-state index >= 15 is 0 Å². The lowest BCUT2D eigenvalue weighted by Gasteiger charge is -2.21. The zero-order chi connectivity index (χ0) is 14.8. The molecule has 1 aromatic rings. The second-order valence-electron chi connectivity index (χ2n) is 4.71. The Morgan fingerprint density at radius 3 is 2.90 bits per heavy atom. The Labute approximate surface area is 118 Å². The van der Waals surface area contributed by atoms with Gasteiger partial charge in [0.05, 0.1) is 13.2 Å². The molecule has 1 aliphatic heterocycles. The SMILES string of the molecule is CCCCN1C[C@H](CO)Oc2cccc(F)c2S1(=O)=O. The Morgan fingerprint density at radius 1 is 1.50 bits per heavy atom. The summed E-state index contributed by atoms with van der Waals surface area (Å²) in [5.74, 6) is -0.870. The van der Waals surface area contributed by atoms with Crippen molar-refractivity contribution in [2.75, 3.05) is 19.7 Å². The van der Waals surface area contributed by atoms with Crippen LogP contribution in [0.2, 0.25) is 0 Å². The summed E-state index contributed by atoms with van der Waals surface area (Å²) in [4.78, 5) is -0.438. The predicted octanol–water partition coefficient (Wildman–Crippen LogP) is 1.37. The quantitative estimate of drug-likeness (QED) is 0.912. The number of aliphatic hydroxyl groups is 1. The molecule has 112 valence electrons. The van der Waals surface area contributed by atoms with Gasteiger partial charge in [0.15, 0.2) is 4.90 Å². The summed E-state index contributed by atoms with van der Waals surface area (Å²) in [6, 6.07) is 3.89. The van der Waals surface area contributed by atoms with Gasteiger partial charge in [0.2, 0.25) is 10.0 Å². The second-order valence-corrected chi connectivity index (χ2v) is 6.58. The molecule has 0 aliphatic carbocycles. The predicted molar refractivity (Wildman–Crippen MR) is 71.6 cm³/mol. The van der Waals surface area contributed by atoms with E-state index in [-0.39, 0.29) is 25.4 Å². The molecule has 1 atom stereocenters. The van der Waals surface area contributed by atoms with E-state index in [1.165, 1.54) is 16.4 Å². The number of benzene rings is 1. The average Bonchev–Trinajstić information content (AvgIpc) is 2.51. The third-order valence-electron chi connectivity index (χ3n) is 3.19. The van der Waals surface area contributed by atoms with Gasteiger partial charge < -0.3 is 9.84 Å². The average molecular weight is 303 g/mol. The van der Waals surface area contributed by atoms with Gasteiger partial charge in [-0.2, -0.15) is 4.31 Å². The van der Waals surface area contributed by atoms with E-state index in [2.05, 4.69) is 0 Å². The van der Waals surface area contributed by atoms with E-state index in [4.69, 9.17) is 4.74 Å². The number of hydrogen-bond donors (Lipinski definition) is 1. The molecule has 0 radical (unpaired) electrons. The van der Waals surface area contributed by atoms with Crippen LogP contribution in [0.4, 0.5) is 4.39 Å². The van der Waals surface area contributed by atoms with Crippen LogP contribution in [0.15, 0.2) is 23.1 Å². The molecule has 5 nitrogen and oxygen atoms in total. The van der Waals surface area contributed by atoms with Crippen LogP contribution in [-0.2, 0) is 10.0 Å². The minimum absolute atomic E-state index is 0.0208. The summed E-state index contributed by atoms with van der Waals surface area (Å²) in [7, 11) is -3.94. The van der Waals surface area contributed by atoms with E-state index in [0.717, 1.165) is 12.5 Å². The smallest absolute Gasteiger partial charge is 0.249 e. The Balaban J connectivity index is 2.50. The van der Waals surface area contributed by atoms with Crippen molar-refractivity contribution in [1.29, 1.82) is 0 Å². The number of aliphatic hydroxyl groups excluding tert-OH is 1. The minimum Gasteiger partial charge on any atom is -0.485 e. The van der Waals surface area contributed by atoms with Gasteiger partial charge in [0, 0.05) is 6.54 Å². The van der Waals surface area contributed by atoms with Crippen molar-refractivity contribution in [3.63, 3.8) is 0 Å². The maximum atomic E-state index is 13.9. The van der Waals surface area contributed by atoms with Crippen molar-refractivity contribution in [3.8, 4) is 5.75 Å². The van der Waals surface area contributed by atoms with Crippen LogP contribution in [-0.4, -0.2) is 43.6 Å². The summed E-state index contributed by atoms with van der Waals surface area (Å²) in [6.07, 6.45) is 0.798. The lowest BCUT2D eigenvalue weighted by Crippen LogP contribution is -2.39. The van der Waals surface area contributed by atoms with Gasteiger partial charge in [-0.15, -0.1) is 0 Å². The highest BCUT2D eigenvalue weighted by Gasteiger charge is 2.36. The van der Waals surface area contributed by atoms with Crippen LogP contribution in [0, 0.1) is 5.82 Å². The number of ether oxygens (including phenoxy) is 1. The number of rotatable bonds is 4. The van der Waals surface area contributed by atoms with E-state index in [0.29, 0.717) is 6.42 Å². The maximum Gasteiger partial charge on any atom is 0.249 e. The maximum absolute atomic E-state index is 13.9. The number of hydrogen-bond acceptors (Lipinski definition) is 4. The highest BCUT2D eigenvalue weighted by Crippen LogP contribution is 2.33. The largest absolute Gasteiger partial charge is 0.485 e. The monoisotopic (exact) mass is 303 g/mol. The minimum atomic E-state index is -3.94. The molecule has 0 spiro atoms. The first-order valence-corrected chi connectivity index (χ1v) is 8.01. The van der Waals surface area contributed by atoms with Crippen LogP contribution in [0.25, 0.3) is 0 Å². The highest BCUT2D eigenvalue weighted by atomic mass is 32.2. The first-order chi connectivity index (χ1) is 9.50. The standard InChI is InChI=1S/C13H18FNO4S/c1-2-3-7-15-8-10(9-16)19-12-6-4-5-11(14)13(12)20(15,17)18/h4-6,10,16H,2-3,7-9H2,1H3/t10-/m1/s1. The third-order valence-corrected chi connectivity index (χ3v) is 5.12. The van der Waals surface area contributed by atoms with Crippen molar-refractivity contribution in [3.05, 3.63) is 24.0 Å². The number of sulfonamides is 1. The first kappa shape index (κ1) is 15.2. The Bertz CT molecular complexity index is 576. The van der Waals surface area contributed by atoms with E-state index in [9.17, 15) is 17.9 Å². The molecular weight excluding hydrogens is 285 g/mol. The van der Waals surface area contributed by atoms with Crippen molar-refractivity contribution >= 4 is 10.0 Å². The van der Waals surface area contributed by atoms with Crippen LogP contribution in [0.5, 0.6) is 5.75 Å². The molecule has 1 aliphatic rings. The molecule has 7 heteroatoms. The summed E-state index contributed by atoms with van der Waals surface area (Å²) in [5.41, 5.74) is 0. The second kappa shape index (κ2) is 6.07. The van der Waals surface area contributed by atoms with Crippen molar-refractivity contribution < 1.29 is 22.7 Å². The normalized spacial score (nSPS) is 21.9. The molecule has 0 amide bonds. The molecule has 1 aromatic carbocycles.